The largest absolute Gasteiger partial charge is 0.352 e. The Bertz CT molecular complexity index is 1150. The van der Waals surface area contributed by atoms with Crippen LogP contribution in [0.1, 0.15) is 10.4 Å². The molecule has 4 rings (SSSR count). The van der Waals surface area contributed by atoms with Crippen molar-refractivity contribution in [1.29, 1.82) is 0 Å². The molecule has 0 fully saturated rings. The zero-order valence-electron chi connectivity index (χ0n) is 13.6. The Kier molecular flexibility index (Phi) is 4.22. The molecule has 0 unspecified atom stereocenters. The van der Waals surface area contributed by atoms with E-state index in [0.29, 0.717) is 17.9 Å². The van der Waals surface area contributed by atoms with Crippen LogP contribution < -0.4 is 11.2 Å². The lowest BCUT2D eigenvalue weighted by molar-refractivity contribution is 0.622. The summed E-state index contributed by atoms with van der Waals surface area (Å²) in [6, 6.07) is 13.3. The number of aromatic nitrogens is 3. The summed E-state index contributed by atoms with van der Waals surface area (Å²) >= 11 is 1.48. The first-order valence-electron chi connectivity index (χ1n) is 7.98. The predicted octanol–water partition coefficient (Wildman–Crippen LogP) is 2.81. The van der Waals surface area contributed by atoms with Gasteiger partial charge < -0.3 is 4.57 Å². The molecule has 0 amide bonds. The molecule has 0 N–H and O–H groups in total. The molecule has 5 nitrogen and oxygen atoms in total. The molecule has 2 aromatic rings. The quantitative estimate of drug-likeness (QED) is 0.557. The highest BCUT2D eigenvalue weighted by Gasteiger charge is 2.17. The molecule has 130 valence electrons. The van der Waals surface area contributed by atoms with Crippen molar-refractivity contribution in [1.82, 2.24) is 14.1 Å². The van der Waals surface area contributed by atoms with Crippen LogP contribution in [0.15, 0.2) is 69.7 Å². The summed E-state index contributed by atoms with van der Waals surface area (Å²) in [7, 11) is 0. The van der Waals surface area contributed by atoms with Crippen molar-refractivity contribution >= 4 is 11.3 Å². The molecule has 0 saturated carbocycles. The van der Waals surface area contributed by atoms with E-state index in [1.165, 1.54) is 23.5 Å². The van der Waals surface area contributed by atoms with Crippen molar-refractivity contribution in [3.63, 3.8) is 0 Å². The molecule has 0 aliphatic carbocycles. The normalized spacial score (nSPS) is 11.1. The molecule has 26 heavy (non-hydrogen) atoms. The molecule has 0 atom stereocenters. The lowest BCUT2D eigenvalue weighted by Crippen LogP contribution is -2.38. The highest BCUT2D eigenvalue weighted by Crippen LogP contribution is 2.16. The van der Waals surface area contributed by atoms with Gasteiger partial charge in [0, 0.05) is 17.6 Å². The molecule has 3 heterocycles. The van der Waals surface area contributed by atoms with Crippen LogP contribution in [-0.2, 0) is 13.1 Å². The Morgan fingerprint density at radius 1 is 1.04 bits per heavy atom. The summed E-state index contributed by atoms with van der Waals surface area (Å²) in [5, 5.41) is 1.90. The Morgan fingerprint density at radius 2 is 1.92 bits per heavy atom. The summed E-state index contributed by atoms with van der Waals surface area (Å²) in [5.74, 6) is -0.0340. The van der Waals surface area contributed by atoms with Crippen LogP contribution in [0.5, 0.6) is 0 Å². The maximum atomic E-state index is 13.4. The van der Waals surface area contributed by atoms with Gasteiger partial charge in [-0.2, -0.15) is 4.98 Å². The number of benzene rings is 1. The van der Waals surface area contributed by atoms with Crippen molar-refractivity contribution in [2.24, 2.45) is 0 Å². The average molecular weight is 367 g/mol. The number of hydrogen-bond donors (Lipinski definition) is 0. The maximum absolute atomic E-state index is 13.4. The van der Waals surface area contributed by atoms with Gasteiger partial charge in [-0.25, -0.2) is 9.18 Å². The van der Waals surface area contributed by atoms with Crippen LogP contribution >= 0.6 is 11.3 Å². The Labute approximate surface area is 152 Å². The van der Waals surface area contributed by atoms with Gasteiger partial charge in [-0.15, -0.1) is 11.3 Å². The van der Waals surface area contributed by atoms with Gasteiger partial charge in [-0.05, 0) is 41.3 Å². The Hall–Kier alpha value is -3.06. The molecule has 1 aromatic carbocycles. The lowest BCUT2D eigenvalue weighted by Gasteiger charge is -2.15. The van der Waals surface area contributed by atoms with Gasteiger partial charge in [-0.3, -0.25) is 9.36 Å². The predicted molar refractivity (Wildman–Crippen MR) is 98.3 cm³/mol. The van der Waals surface area contributed by atoms with Crippen molar-refractivity contribution in [2.45, 2.75) is 13.1 Å². The zero-order valence-corrected chi connectivity index (χ0v) is 14.4. The topological polar surface area (TPSA) is 56.9 Å². The fraction of sp³-hybridized carbons (Fsp3) is 0.105. The van der Waals surface area contributed by atoms with Gasteiger partial charge >= 0.3 is 5.69 Å². The summed E-state index contributed by atoms with van der Waals surface area (Å²) in [5.41, 5.74) is 0.122. The summed E-state index contributed by atoms with van der Waals surface area (Å²) in [6.07, 6.45) is 1.72. The van der Waals surface area contributed by atoms with Crippen LogP contribution in [0.2, 0.25) is 0 Å². The Morgan fingerprint density at radius 3 is 2.69 bits per heavy atom. The molecule has 7 heteroatoms. The second-order valence-corrected chi connectivity index (χ2v) is 6.90. The second-order valence-electron chi connectivity index (χ2n) is 5.87. The average Bonchev–Trinajstić information content (AvgIpc) is 3.13. The second kappa shape index (κ2) is 6.68. The number of nitrogens with zero attached hydrogens (tertiary/aromatic N) is 3. The number of pyridine rings is 1. The summed E-state index contributed by atoms with van der Waals surface area (Å²) < 4.78 is 16.2. The van der Waals surface area contributed by atoms with Gasteiger partial charge in [0.1, 0.15) is 5.82 Å². The minimum absolute atomic E-state index is 0.205. The van der Waals surface area contributed by atoms with Crippen molar-refractivity contribution < 1.29 is 4.39 Å². The van der Waals surface area contributed by atoms with Gasteiger partial charge in [0.25, 0.3) is 5.56 Å². The van der Waals surface area contributed by atoms with E-state index >= 15 is 0 Å². The molecule has 0 saturated heterocycles. The van der Waals surface area contributed by atoms with Crippen LogP contribution in [0, 0.1) is 5.82 Å². The van der Waals surface area contributed by atoms with Crippen LogP contribution in [0.4, 0.5) is 4.39 Å². The van der Waals surface area contributed by atoms with E-state index in [2.05, 4.69) is 4.98 Å². The first-order chi connectivity index (χ1) is 12.6. The fourth-order valence-corrected chi connectivity index (χ4v) is 3.57. The molecule has 1 aromatic heterocycles. The van der Waals surface area contributed by atoms with E-state index in [1.54, 1.807) is 35.0 Å². The standard InChI is InChI=1S/C19H14FN3O2S/c20-14-5-1-4-13(10-14)11-22-8-2-7-16-17(22)21-19(25)23(18(16)24)12-15-6-3-9-26-15/h1-10H,11-12H2. The van der Waals surface area contributed by atoms with E-state index in [4.69, 9.17) is 0 Å². The third-order valence-corrected chi connectivity index (χ3v) is 4.95. The molecule has 0 bridgehead atoms. The first-order valence-corrected chi connectivity index (χ1v) is 8.86. The third-order valence-electron chi connectivity index (χ3n) is 4.09. The number of fused-ring (bicyclic) bond motifs is 1. The fourth-order valence-electron chi connectivity index (χ4n) is 2.88. The minimum atomic E-state index is -0.588. The van der Waals surface area contributed by atoms with Crippen LogP contribution in [0.3, 0.4) is 0 Å². The Balaban J connectivity index is 1.80. The summed E-state index contributed by atoms with van der Waals surface area (Å²) in [4.78, 5) is 30.2. The van der Waals surface area contributed by atoms with Crippen LogP contribution in [-0.4, -0.2) is 14.1 Å². The molecule has 2 aliphatic rings. The first kappa shape index (κ1) is 16.4. The lowest BCUT2D eigenvalue weighted by atomic mass is 10.2. The molecule has 0 radical (unpaired) electrons. The van der Waals surface area contributed by atoms with Gasteiger partial charge in [0.15, 0.2) is 5.82 Å². The van der Waals surface area contributed by atoms with Crippen molar-refractivity contribution in [3.8, 4) is 11.4 Å². The summed E-state index contributed by atoms with van der Waals surface area (Å²) in [6.45, 7) is 0.521. The smallest absolute Gasteiger partial charge is 0.328 e. The van der Waals surface area contributed by atoms with E-state index in [9.17, 15) is 14.0 Å². The van der Waals surface area contributed by atoms with E-state index in [1.807, 2.05) is 17.5 Å². The highest BCUT2D eigenvalue weighted by atomic mass is 32.1. The molecule has 2 aliphatic heterocycles. The SMILES string of the molecule is O=c1nc2n(Cc3cccc(F)c3)cccc-2c(=O)n1Cc1cccs1. The minimum Gasteiger partial charge on any atom is -0.328 e. The van der Waals surface area contributed by atoms with Gasteiger partial charge in [0.05, 0.1) is 12.1 Å². The zero-order chi connectivity index (χ0) is 18.1. The number of halogens is 1. The third kappa shape index (κ3) is 3.09. The monoisotopic (exact) mass is 367 g/mol. The van der Waals surface area contributed by atoms with E-state index in [-0.39, 0.29) is 17.9 Å². The van der Waals surface area contributed by atoms with Crippen molar-refractivity contribution in [2.75, 3.05) is 0 Å². The molecular weight excluding hydrogens is 353 g/mol. The molecular formula is C19H14FN3O2S. The number of hydrogen-bond acceptors (Lipinski definition) is 4. The van der Waals surface area contributed by atoms with Crippen LogP contribution in [0.25, 0.3) is 11.4 Å². The molecule has 0 spiro atoms. The van der Waals surface area contributed by atoms with Gasteiger partial charge in [0.2, 0.25) is 0 Å². The highest BCUT2D eigenvalue weighted by molar-refractivity contribution is 7.09. The van der Waals surface area contributed by atoms with E-state index < -0.39 is 5.69 Å². The number of thiophene rings is 1. The maximum Gasteiger partial charge on any atom is 0.352 e. The van der Waals surface area contributed by atoms with Crippen molar-refractivity contribution in [3.05, 3.63) is 97.2 Å². The number of rotatable bonds is 4. The van der Waals surface area contributed by atoms with Gasteiger partial charge in [-0.1, -0.05) is 18.2 Å². The van der Waals surface area contributed by atoms with E-state index in [0.717, 1.165) is 15.0 Å².